The Bertz CT molecular complexity index is 1910. The number of rotatable bonds is 8. The highest BCUT2D eigenvalue weighted by atomic mass is 32.2. The predicted molar refractivity (Wildman–Crippen MR) is 185 cm³/mol. The Morgan fingerprint density at radius 2 is 1.81 bits per heavy atom. The third kappa shape index (κ3) is 7.45. The first-order chi connectivity index (χ1) is 24.7. The van der Waals surface area contributed by atoms with Crippen molar-refractivity contribution in [3.63, 3.8) is 0 Å². The summed E-state index contributed by atoms with van der Waals surface area (Å²) in [5.41, 5.74) is -1.58. The summed E-state index contributed by atoms with van der Waals surface area (Å²) in [5.74, 6) is -3.52. The molecule has 282 valence electrons. The molecule has 4 amide bonds. The quantitative estimate of drug-likeness (QED) is 0.290. The molecule has 4 aliphatic rings. The van der Waals surface area contributed by atoms with Crippen LogP contribution >= 0.6 is 0 Å². The molecule has 6 rings (SSSR count). The molecule has 0 spiro atoms. The number of amides is 4. The lowest BCUT2D eigenvalue weighted by atomic mass is 9.88. The number of hydrogen-bond acceptors (Lipinski definition) is 10. The van der Waals surface area contributed by atoms with E-state index in [1.165, 1.54) is 37.4 Å². The molecule has 2 aliphatic heterocycles. The number of nitrogens with one attached hydrogen (secondary N) is 3. The zero-order chi connectivity index (χ0) is 37.5. The minimum Gasteiger partial charge on any atom is -0.494 e. The number of methoxy groups -OCH3 is 2. The molecule has 52 heavy (non-hydrogen) atoms. The first kappa shape index (κ1) is 37.1. The lowest BCUT2D eigenvalue weighted by Crippen LogP contribution is -2.59. The molecule has 3 heterocycles. The van der Waals surface area contributed by atoms with Crippen LogP contribution < -0.4 is 29.6 Å². The van der Waals surface area contributed by atoms with Gasteiger partial charge in [-0.1, -0.05) is 26.0 Å². The van der Waals surface area contributed by atoms with E-state index in [0.717, 1.165) is 0 Å². The fourth-order valence-electron chi connectivity index (χ4n) is 7.39. The molecule has 1 saturated heterocycles. The Hall–Kier alpha value is -4.67. The molecule has 0 radical (unpaired) electrons. The van der Waals surface area contributed by atoms with E-state index in [0.29, 0.717) is 43.2 Å². The van der Waals surface area contributed by atoms with Crippen molar-refractivity contribution in [3.8, 4) is 17.4 Å². The average Bonchev–Trinajstić information content (AvgIpc) is 4.02. The van der Waals surface area contributed by atoms with Gasteiger partial charge in [0.15, 0.2) is 11.6 Å². The summed E-state index contributed by atoms with van der Waals surface area (Å²) in [7, 11) is -1.18. The summed E-state index contributed by atoms with van der Waals surface area (Å²) < 4.78 is 59.5. The van der Waals surface area contributed by atoms with E-state index < -0.39 is 80.5 Å². The number of fused-ring (bicyclic) bond motifs is 3. The first-order valence-corrected chi connectivity index (χ1v) is 18.9. The van der Waals surface area contributed by atoms with E-state index in [2.05, 4.69) is 20.3 Å². The number of allylic oxidation sites excluding steroid dienone is 1. The number of carbonyl (C=O) groups excluding carboxylic acids is 3. The summed E-state index contributed by atoms with van der Waals surface area (Å²) in [6, 6.07) is 0.152. The van der Waals surface area contributed by atoms with Gasteiger partial charge in [-0.25, -0.2) is 22.6 Å². The molecular weight excluding hydrogens is 701 g/mol. The number of sulfonamides is 1. The molecule has 17 heteroatoms. The van der Waals surface area contributed by atoms with Gasteiger partial charge < -0.3 is 34.9 Å². The van der Waals surface area contributed by atoms with Crippen LogP contribution in [0.4, 0.5) is 9.18 Å². The van der Waals surface area contributed by atoms with Crippen LogP contribution in [0.2, 0.25) is 0 Å². The molecule has 2 saturated carbocycles. The fourth-order valence-corrected chi connectivity index (χ4v) is 8.76. The van der Waals surface area contributed by atoms with E-state index in [-0.39, 0.29) is 42.3 Å². The van der Waals surface area contributed by atoms with Crippen LogP contribution in [-0.2, 0) is 24.4 Å². The summed E-state index contributed by atoms with van der Waals surface area (Å²) in [6.07, 6.45) is 5.55. The number of hydrogen-bond donors (Lipinski definition) is 4. The van der Waals surface area contributed by atoms with Gasteiger partial charge in [0, 0.05) is 17.7 Å². The Morgan fingerprint density at radius 3 is 2.48 bits per heavy atom. The Kier molecular flexibility index (Phi) is 10.3. The van der Waals surface area contributed by atoms with Crippen molar-refractivity contribution < 1.29 is 51.3 Å². The van der Waals surface area contributed by atoms with Gasteiger partial charge in [-0.15, -0.1) is 0 Å². The maximum atomic E-state index is 14.9. The van der Waals surface area contributed by atoms with Gasteiger partial charge in [-0.2, -0.15) is 0 Å². The molecule has 3 fully saturated rings. The Morgan fingerprint density at radius 1 is 1.08 bits per heavy atom. The molecule has 7 atom stereocenters. The summed E-state index contributed by atoms with van der Waals surface area (Å²) >= 11 is 0. The van der Waals surface area contributed by atoms with Crippen molar-refractivity contribution in [2.45, 2.75) is 87.8 Å². The third-order valence-corrected chi connectivity index (χ3v) is 12.3. The van der Waals surface area contributed by atoms with Gasteiger partial charge in [-0.05, 0) is 62.5 Å². The lowest BCUT2D eigenvalue weighted by molar-refractivity contribution is -0.142. The van der Waals surface area contributed by atoms with Gasteiger partial charge in [0.25, 0.3) is 5.91 Å². The number of aromatic nitrogens is 1. The molecule has 2 aromatic rings. The second-order valence-electron chi connectivity index (χ2n) is 14.3. The van der Waals surface area contributed by atoms with E-state index in [1.54, 1.807) is 6.92 Å². The van der Waals surface area contributed by atoms with Gasteiger partial charge >= 0.3 is 6.09 Å². The SMILES string of the molecule is COc1cc2c(OC)cnc(O[C@@H]3C[C@H]4C(=O)N[C@]5(C(=O)NS(=O)(=O)C6CC6)C[C@H]5C=CCC[C@@H](C)C[C@@H](C)[C@H](NC(=O)O)C(=O)N4C3)c2cc1F. The van der Waals surface area contributed by atoms with Gasteiger partial charge in [-0.3, -0.25) is 19.1 Å². The third-order valence-electron chi connectivity index (χ3n) is 10.5. The van der Waals surface area contributed by atoms with E-state index >= 15 is 0 Å². The van der Waals surface area contributed by atoms with Crippen LogP contribution in [0.25, 0.3) is 10.8 Å². The number of carbonyl (C=O) groups is 4. The Labute approximate surface area is 300 Å². The first-order valence-electron chi connectivity index (χ1n) is 17.4. The van der Waals surface area contributed by atoms with Crippen LogP contribution in [0, 0.1) is 23.6 Å². The van der Waals surface area contributed by atoms with Crippen LogP contribution in [0.5, 0.6) is 17.4 Å². The highest BCUT2D eigenvalue weighted by molar-refractivity contribution is 7.91. The summed E-state index contributed by atoms with van der Waals surface area (Å²) in [6.45, 7) is 3.59. The molecule has 2 aliphatic carbocycles. The van der Waals surface area contributed by atoms with Crippen molar-refractivity contribution in [3.05, 3.63) is 36.3 Å². The zero-order valence-electron chi connectivity index (χ0n) is 29.4. The average molecular weight is 746 g/mol. The van der Waals surface area contributed by atoms with Crippen LogP contribution in [0.1, 0.15) is 58.8 Å². The van der Waals surface area contributed by atoms with Crippen molar-refractivity contribution in [2.24, 2.45) is 17.8 Å². The van der Waals surface area contributed by atoms with E-state index in [4.69, 9.17) is 14.2 Å². The van der Waals surface area contributed by atoms with Gasteiger partial charge in [0.2, 0.25) is 27.7 Å². The number of benzene rings is 1. The predicted octanol–water partition coefficient (Wildman–Crippen LogP) is 2.87. The highest BCUT2D eigenvalue weighted by Gasteiger charge is 2.62. The van der Waals surface area contributed by atoms with E-state index in [1.807, 2.05) is 19.1 Å². The smallest absolute Gasteiger partial charge is 0.405 e. The second kappa shape index (κ2) is 14.4. The number of halogens is 1. The van der Waals surface area contributed by atoms with Crippen molar-refractivity contribution >= 4 is 44.6 Å². The number of carboxylic acid groups (broad SMARTS) is 1. The topological polar surface area (TPSA) is 203 Å². The Balaban J connectivity index is 1.35. The second-order valence-corrected chi connectivity index (χ2v) is 16.3. The van der Waals surface area contributed by atoms with Crippen LogP contribution in [0.3, 0.4) is 0 Å². The van der Waals surface area contributed by atoms with Crippen LogP contribution in [0.15, 0.2) is 30.5 Å². The number of ether oxygens (including phenoxy) is 3. The number of nitrogens with zero attached hydrogens (tertiary/aromatic N) is 2. The normalized spacial score (nSPS) is 29.5. The largest absolute Gasteiger partial charge is 0.494 e. The fraction of sp³-hybridized carbons (Fsp3) is 0.571. The minimum absolute atomic E-state index is 0.00567. The standard InChI is InChI=1S/C35H44FN5O10S/c1-18-7-5-6-8-20-15-35(20,33(44)40-52(47,48)22-9-10-22)39-30(42)26-12-21(17-41(26)32(43)29(19(2)11-18)38-34(45)46)51-31-24-13-25(36)27(49-3)14-23(24)28(50-4)16-37-31/h6,8,13-14,16,18-22,26,29,38H,5,7,9-12,15,17H2,1-4H3,(H,39,42)(H,40,44)(H,45,46)/t18-,19-,20-,21-,26+,29+,35-/m1/s1. The number of pyridine rings is 1. The molecule has 4 N–H and O–H groups in total. The van der Waals surface area contributed by atoms with Crippen molar-refractivity contribution in [2.75, 3.05) is 20.8 Å². The van der Waals surface area contributed by atoms with Crippen LogP contribution in [-0.4, -0.2) is 97.0 Å². The van der Waals surface area contributed by atoms with Gasteiger partial charge in [0.1, 0.15) is 29.5 Å². The molecule has 15 nitrogen and oxygen atoms in total. The zero-order valence-corrected chi connectivity index (χ0v) is 30.2. The monoisotopic (exact) mass is 745 g/mol. The molecule has 1 aromatic carbocycles. The summed E-state index contributed by atoms with van der Waals surface area (Å²) in [5, 5.41) is 14.9. The molecule has 0 unspecified atom stereocenters. The molecular formula is C35H44FN5O10S. The lowest BCUT2D eigenvalue weighted by Gasteiger charge is -2.32. The van der Waals surface area contributed by atoms with Crippen molar-refractivity contribution in [1.29, 1.82) is 0 Å². The minimum atomic E-state index is -3.94. The maximum absolute atomic E-state index is 14.9. The van der Waals surface area contributed by atoms with E-state index in [9.17, 15) is 37.1 Å². The highest BCUT2D eigenvalue weighted by Crippen LogP contribution is 2.46. The van der Waals surface area contributed by atoms with Crippen molar-refractivity contribution in [1.82, 2.24) is 25.2 Å². The maximum Gasteiger partial charge on any atom is 0.405 e. The van der Waals surface area contributed by atoms with Gasteiger partial charge in [0.05, 0.1) is 37.6 Å². The molecule has 1 aromatic heterocycles. The molecule has 0 bridgehead atoms. The summed E-state index contributed by atoms with van der Waals surface area (Å²) in [4.78, 5) is 59.8.